The Bertz CT molecular complexity index is 993. The van der Waals surface area contributed by atoms with E-state index < -0.39 is 17.8 Å². The molecular weight excluding hydrogens is 377 g/mol. The third kappa shape index (κ3) is 3.83. The monoisotopic (exact) mass is 389 g/mol. The molecule has 0 aliphatic carbocycles. The fraction of sp³-hybridized carbons (Fsp3) is 0.105. The highest BCUT2D eigenvalue weighted by atomic mass is 35.5. The standard InChI is InChI=1S/C19H13ClFNO5/c1-10(23)26-12-8-6-11(7-9-12)17-16(19(24)25-2)22-18(27-17)15-13(20)4-3-5-14(15)21/h3-9H,1-2H3. The van der Waals surface area contributed by atoms with Gasteiger partial charge in [-0.2, -0.15) is 0 Å². The van der Waals surface area contributed by atoms with Crippen molar-refractivity contribution in [2.24, 2.45) is 0 Å². The minimum Gasteiger partial charge on any atom is -0.464 e. The van der Waals surface area contributed by atoms with Crippen LogP contribution in [0.1, 0.15) is 17.4 Å². The zero-order valence-electron chi connectivity index (χ0n) is 14.3. The Kier molecular flexibility index (Phi) is 5.23. The van der Waals surface area contributed by atoms with Crippen molar-refractivity contribution >= 4 is 23.5 Å². The van der Waals surface area contributed by atoms with Gasteiger partial charge in [-0.05, 0) is 36.4 Å². The SMILES string of the molecule is COC(=O)c1nc(-c2c(F)cccc2Cl)oc1-c1ccc(OC(C)=O)cc1. The predicted molar refractivity (Wildman–Crippen MR) is 95.0 cm³/mol. The summed E-state index contributed by atoms with van der Waals surface area (Å²) in [5.74, 6) is -1.62. The average molecular weight is 390 g/mol. The Morgan fingerprint density at radius 2 is 1.85 bits per heavy atom. The topological polar surface area (TPSA) is 78.6 Å². The van der Waals surface area contributed by atoms with Crippen LogP contribution in [0.25, 0.3) is 22.8 Å². The maximum atomic E-state index is 14.2. The van der Waals surface area contributed by atoms with Crippen molar-refractivity contribution in [1.82, 2.24) is 4.98 Å². The number of hydrogen-bond donors (Lipinski definition) is 0. The van der Waals surface area contributed by atoms with E-state index in [1.807, 2.05) is 0 Å². The summed E-state index contributed by atoms with van der Waals surface area (Å²) in [7, 11) is 1.19. The highest BCUT2D eigenvalue weighted by molar-refractivity contribution is 6.33. The van der Waals surface area contributed by atoms with Gasteiger partial charge in [0.1, 0.15) is 11.6 Å². The largest absolute Gasteiger partial charge is 0.464 e. The lowest BCUT2D eigenvalue weighted by molar-refractivity contribution is -0.131. The highest BCUT2D eigenvalue weighted by Gasteiger charge is 2.25. The molecule has 0 N–H and O–H groups in total. The Morgan fingerprint density at radius 1 is 1.15 bits per heavy atom. The van der Waals surface area contributed by atoms with Crippen molar-refractivity contribution in [2.45, 2.75) is 6.92 Å². The Balaban J connectivity index is 2.10. The molecule has 0 saturated heterocycles. The molecule has 0 amide bonds. The molecule has 0 fully saturated rings. The molecule has 3 rings (SSSR count). The first-order chi connectivity index (χ1) is 12.9. The number of halogens is 2. The van der Waals surface area contributed by atoms with Crippen LogP contribution >= 0.6 is 11.6 Å². The molecule has 0 bridgehead atoms. The molecule has 0 aliphatic rings. The summed E-state index contributed by atoms with van der Waals surface area (Å²) in [6.45, 7) is 1.28. The molecule has 0 saturated carbocycles. The van der Waals surface area contributed by atoms with Gasteiger partial charge in [0.15, 0.2) is 11.5 Å². The lowest BCUT2D eigenvalue weighted by Crippen LogP contribution is -2.04. The molecule has 1 aromatic heterocycles. The van der Waals surface area contributed by atoms with Gasteiger partial charge in [0, 0.05) is 12.5 Å². The summed E-state index contributed by atoms with van der Waals surface area (Å²) in [5, 5.41) is 0.0874. The normalized spacial score (nSPS) is 10.5. The second-order valence-corrected chi connectivity index (χ2v) is 5.81. The maximum Gasteiger partial charge on any atom is 0.360 e. The Hall–Kier alpha value is -3.19. The van der Waals surface area contributed by atoms with E-state index in [1.165, 1.54) is 44.4 Å². The van der Waals surface area contributed by atoms with Crippen molar-refractivity contribution in [3.05, 3.63) is 59.0 Å². The van der Waals surface area contributed by atoms with E-state index in [-0.39, 0.29) is 27.9 Å². The first kappa shape index (κ1) is 18.6. The van der Waals surface area contributed by atoms with Crippen molar-refractivity contribution in [3.63, 3.8) is 0 Å². The van der Waals surface area contributed by atoms with E-state index in [0.29, 0.717) is 11.3 Å². The molecular formula is C19H13ClFNO5. The second-order valence-electron chi connectivity index (χ2n) is 5.40. The number of ether oxygens (including phenoxy) is 2. The van der Waals surface area contributed by atoms with Crippen LogP contribution in [0.4, 0.5) is 4.39 Å². The minimum atomic E-state index is -0.753. The summed E-state index contributed by atoms with van der Waals surface area (Å²) in [4.78, 5) is 27.2. The average Bonchev–Trinajstić information content (AvgIpc) is 3.06. The molecule has 3 aromatic rings. The number of carbonyl (C=O) groups is 2. The Labute approximate surface area is 158 Å². The number of oxazole rings is 1. The lowest BCUT2D eigenvalue weighted by Gasteiger charge is -2.03. The van der Waals surface area contributed by atoms with Gasteiger partial charge in [-0.25, -0.2) is 14.2 Å². The fourth-order valence-corrected chi connectivity index (χ4v) is 2.64. The van der Waals surface area contributed by atoms with Crippen molar-refractivity contribution in [2.75, 3.05) is 7.11 Å². The van der Waals surface area contributed by atoms with Gasteiger partial charge in [-0.15, -0.1) is 0 Å². The number of nitrogens with zero attached hydrogens (tertiary/aromatic N) is 1. The lowest BCUT2D eigenvalue weighted by atomic mass is 10.1. The van der Waals surface area contributed by atoms with E-state index in [4.69, 9.17) is 25.5 Å². The number of esters is 2. The zero-order valence-corrected chi connectivity index (χ0v) is 15.0. The van der Waals surface area contributed by atoms with Crippen LogP contribution in [0.15, 0.2) is 46.9 Å². The smallest absolute Gasteiger partial charge is 0.360 e. The molecule has 0 radical (unpaired) electrons. The molecule has 138 valence electrons. The van der Waals surface area contributed by atoms with Crippen LogP contribution in [0, 0.1) is 5.82 Å². The zero-order chi connectivity index (χ0) is 19.6. The van der Waals surface area contributed by atoms with E-state index in [1.54, 1.807) is 12.1 Å². The molecule has 0 aliphatic heterocycles. The maximum absolute atomic E-state index is 14.2. The minimum absolute atomic E-state index is 0.0629. The first-order valence-electron chi connectivity index (χ1n) is 7.73. The van der Waals surface area contributed by atoms with Crippen LogP contribution in [-0.2, 0) is 9.53 Å². The van der Waals surface area contributed by atoms with Crippen LogP contribution in [0.2, 0.25) is 5.02 Å². The molecule has 0 unspecified atom stereocenters. The third-order valence-electron chi connectivity index (χ3n) is 3.56. The van der Waals surface area contributed by atoms with Crippen LogP contribution in [0.3, 0.4) is 0 Å². The van der Waals surface area contributed by atoms with Gasteiger partial charge in [0.2, 0.25) is 5.89 Å². The molecule has 6 nitrogen and oxygen atoms in total. The number of carbonyl (C=O) groups excluding carboxylic acids is 2. The van der Waals surface area contributed by atoms with Gasteiger partial charge in [0.05, 0.1) is 17.7 Å². The van der Waals surface area contributed by atoms with Crippen LogP contribution in [0.5, 0.6) is 5.75 Å². The molecule has 0 spiro atoms. The van der Waals surface area contributed by atoms with E-state index in [2.05, 4.69) is 4.98 Å². The number of benzene rings is 2. The molecule has 2 aromatic carbocycles. The first-order valence-corrected chi connectivity index (χ1v) is 8.11. The number of hydrogen-bond acceptors (Lipinski definition) is 6. The van der Waals surface area contributed by atoms with Crippen LogP contribution < -0.4 is 4.74 Å². The Morgan fingerprint density at radius 3 is 2.44 bits per heavy atom. The van der Waals surface area contributed by atoms with E-state index >= 15 is 0 Å². The van der Waals surface area contributed by atoms with Crippen LogP contribution in [-0.4, -0.2) is 24.0 Å². The van der Waals surface area contributed by atoms with Crippen molar-refractivity contribution in [3.8, 4) is 28.5 Å². The fourth-order valence-electron chi connectivity index (χ4n) is 2.40. The van der Waals surface area contributed by atoms with E-state index in [9.17, 15) is 14.0 Å². The van der Waals surface area contributed by atoms with Gasteiger partial charge in [-0.3, -0.25) is 4.79 Å². The summed E-state index contributed by atoms with van der Waals surface area (Å²) in [5.41, 5.74) is 0.261. The predicted octanol–water partition coefficient (Wildman–Crippen LogP) is 4.51. The molecule has 1 heterocycles. The molecule has 8 heteroatoms. The van der Waals surface area contributed by atoms with Gasteiger partial charge in [0.25, 0.3) is 0 Å². The quantitative estimate of drug-likeness (QED) is 0.482. The highest BCUT2D eigenvalue weighted by Crippen LogP contribution is 2.35. The summed E-state index contributed by atoms with van der Waals surface area (Å²) >= 11 is 6.05. The van der Waals surface area contributed by atoms with E-state index in [0.717, 1.165) is 0 Å². The molecule has 27 heavy (non-hydrogen) atoms. The third-order valence-corrected chi connectivity index (χ3v) is 3.88. The van der Waals surface area contributed by atoms with Crippen molar-refractivity contribution in [1.29, 1.82) is 0 Å². The number of aromatic nitrogens is 1. The van der Waals surface area contributed by atoms with Gasteiger partial charge in [-0.1, -0.05) is 17.7 Å². The van der Waals surface area contributed by atoms with Crippen molar-refractivity contribution < 1.29 is 27.9 Å². The number of rotatable bonds is 4. The molecule has 0 atom stereocenters. The second kappa shape index (κ2) is 7.59. The van der Waals surface area contributed by atoms with Gasteiger partial charge < -0.3 is 13.9 Å². The van der Waals surface area contributed by atoms with Gasteiger partial charge >= 0.3 is 11.9 Å². The summed E-state index contributed by atoms with van der Waals surface area (Å²) in [6, 6.07) is 10.3. The summed E-state index contributed by atoms with van der Waals surface area (Å²) in [6.07, 6.45) is 0. The summed E-state index contributed by atoms with van der Waals surface area (Å²) < 4.78 is 29.5. The number of methoxy groups -OCH3 is 1.